The van der Waals surface area contributed by atoms with Gasteiger partial charge in [0.1, 0.15) is 11.5 Å². The third-order valence-electron chi connectivity index (χ3n) is 4.67. The second-order valence-corrected chi connectivity index (χ2v) is 6.23. The number of rotatable bonds is 6. The number of piperidine rings is 1. The molecule has 1 aliphatic rings. The van der Waals surface area contributed by atoms with E-state index in [9.17, 15) is 9.59 Å². The molecule has 1 aliphatic heterocycles. The van der Waals surface area contributed by atoms with Crippen LogP contribution in [0.5, 0.6) is 11.5 Å². The van der Waals surface area contributed by atoms with Crippen molar-refractivity contribution in [1.29, 1.82) is 0 Å². The maximum absolute atomic E-state index is 12.5. The molecule has 6 nitrogen and oxygen atoms in total. The number of methoxy groups -OCH3 is 2. The van der Waals surface area contributed by atoms with Gasteiger partial charge in [-0.15, -0.1) is 0 Å². The number of aryl methyl sites for hydroxylation is 1. The lowest BCUT2D eigenvalue weighted by Gasteiger charge is -2.35. The Kier molecular flexibility index (Phi) is 6.06. The number of carbonyl (C=O) groups excluding carboxylic acids is 1. The zero-order valence-corrected chi connectivity index (χ0v) is 14.4. The van der Waals surface area contributed by atoms with Crippen molar-refractivity contribution in [2.45, 2.75) is 26.2 Å². The molecule has 2 unspecified atom stereocenters. The predicted molar refractivity (Wildman–Crippen MR) is 89.4 cm³/mol. The van der Waals surface area contributed by atoms with E-state index in [2.05, 4.69) is 0 Å². The number of nitrogens with zero attached hydrogens (tertiary/aromatic N) is 1. The van der Waals surface area contributed by atoms with Crippen LogP contribution in [0, 0.1) is 11.8 Å². The minimum absolute atomic E-state index is 0.0217. The number of carboxylic acid groups (broad SMARTS) is 1. The highest BCUT2D eigenvalue weighted by Crippen LogP contribution is 2.27. The summed E-state index contributed by atoms with van der Waals surface area (Å²) in [6.45, 7) is 2.91. The van der Waals surface area contributed by atoms with Crippen LogP contribution < -0.4 is 9.47 Å². The van der Waals surface area contributed by atoms with Gasteiger partial charge < -0.3 is 19.5 Å². The highest BCUT2D eigenvalue weighted by molar-refractivity contribution is 5.77. The van der Waals surface area contributed by atoms with Gasteiger partial charge in [-0.3, -0.25) is 9.59 Å². The van der Waals surface area contributed by atoms with Gasteiger partial charge in [0.15, 0.2) is 0 Å². The summed E-state index contributed by atoms with van der Waals surface area (Å²) in [7, 11) is 3.20. The minimum Gasteiger partial charge on any atom is -0.497 e. The first kappa shape index (κ1) is 18.1. The van der Waals surface area contributed by atoms with Crippen LogP contribution in [0.15, 0.2) is 18.2 Å². The fourth-order valence-corrected chi connectivity index (χ4v) is 3.22. The summed E-state index contributed by atoms with van der Waals surface area (Å²) in [6, 6.07) is 5.53. The van der Waals surface area contributed by atoms with Crippen LogP contribution in [-0.2, 0) is 16.0 Å². The van der Waals surface area contributed by atoms with E-state index in [0.717, 1.165) is 17.1 Å². The van der Waals surface area contributed by atoms with Gasteiger partial charge in [0, 0.05) is 19.5 Å². The second kappa shape index (κ2) is 8.04. The maximum Gasteiger partial charge on any atom is 0.306 e. The summed E-state index contributed by atoms with van der Waals surface area (Å²) < 4.78 is 10.6. The van der Waals surface area contributed by atoms with Crippen LogP contribution in [0.2, 0.25) is 0 Å². The van der Waals surface area contributed by atoms with Gasteiger partial charge in [0.2, 0.25) is 5.91 Å². The van der Waals surface area contributed by atoms with Crippen LogP contribution >= 0.6 is 0 Å². The van der Waals surface area contributed by atoms with Gasteiger partial charge in [-0.05, 0) is 42.5 Å². The summed E-state index contributed by atoms with van der Waals surface area (Å²) in [5.74, 6) is 0.376. The molecule has 1 N–H and O–H groups in total. The standard InChI is InChI=1S/C18H25NO5/c1-12-11-19(9-8-15(12)18(21)22)17(20)7-4-13-10-14(23-2)5-6-16(13)24-3/h5-6,10,12,15H,4,7-9,11H2,1-3H3,(H,21,22). The number of amides is 1. The predicted octanol–water partition coefficient (Wildman–Crippen LogP) is 2.21. The maximum atomic E-state index is 12.5. The molecule has 1 saturated heterocycles. The van der Waals surface area contributed by atoms with Crippen molar-refractivity contribution < 1.29 is 24.2 Å². The fraction of sp³-hybridized carbons (Fsp3) is 0.556. The molecule has 1 heterocycles. The van der Waals surface area contributed by atoms with E-state index in [-0.39, 0.29) is 17.7 Å². The molecule has 1 fully saturated rings. The Hall–Kier alpha value is -2.24. The van der Waals surface area contributed by atoms with E-state index >= 15 is 0 Å². The SMILES string of the molecule is COc1ccc(OC)c(CCC(=O)N2CCC(C(=O)O)C(C)C2)c1. The molecule has 1 aromatic rings. The summed E-state index contributed by atoms with van der Waals surface area (Å²) in [5.41, 5.74) is 0.929. The van der Waals surface area contributed by atoms with Gasteiger partial charge in [-0.1, -0.05) is 6.92 Å². The van der Waals surface area contributed by atoms with Crippen molar-refractivity contribution in [2.24, 2.45) is 11.8 Å². The Bertz CT molecular complexity index is 601. The number of carbonyl (C=O) groups is 2. The highest BCUT2D eigenvalue weighted by Gasteiger charge is 2.32. The topological polar surface area (TPSA) is 76.1 Å². The monoisotopic (exact) mass is 335 g/mol. The lowest BCUT2D eigenvalue weighted by Crippen LogP contribution is -2.45. The molecule has 0 radical (unpaired) electrons. The highest BCUT2D eigenvalue weighted by atomic mass is 16.5. The molecular weight excluding hydrogens is 310 g/mol. The number of likely N-dealkylation sites (tertiary alicyclic amines) is 1. The molecule has 0 saturated carbocycles. The zero-order chi connectivity index (χ0) is 17.7. The lowest BCUT2D eigenvalue weighted by molar-refractivity contribution is -0.148. The van der Waals surface area contributed by atoms with E-state index in [1.165, 1.54) is 0 Å². The molecule has 0 aliphatic carbocycles. The molecule has 1 aromatic carbocycles. The number of ether oxygens (including phenoxy) is 2. The Labute approximate surface area is 142 Å². The molecule has 2 atom stereocenters. The Balaban J connectivity index is 1.95. The molecule has 0 bridgehead atoms. The van der Waals surface area contributed by atoms with Crippen molar-refractivity contribution in [3.05, 3.63) is 23.8 Å². The molecule has 1 amide bonds. The number of aliphatic carboxylic acids is 1. The number of carboxylic acids is 1. The van der Waals surface area contributed by atoms with E-state index < -0.39 is 5.97 Å². The molecule has 24 heavy (non-hydrogen) atoms. The second-order valence-electron chi connectivity index (χ2n) is 6.23. The third kappa shape index (κ3) is 4.19. The smallest absolute Gasteiger partial charge is 0.306 e. The Morgan fingerprint density at radius 2 is 2.04 bits per heavy atom. The van der Waals surface area contributed by atoms with Crippen LogP contribution in [0.4, 0.5) is 0 Å². The number of hydrogen-bond acceptors (Lipinski definition) is 4. The average molecular weight is 335 g/mol. The van der Waals surface area contributed by atoms with Crippen molar-refractivity contribution in [2.75, 3.05) is 27.3 Å². The number of hydrogen-bond donors (Lipinski definition) is 1. The average Bonchev–Trinajstić information content (AvgIpc) is 2.58. The number of benzene rings is 1. The van der Waals surface area contributed by atoms with Crippen molar-refractivity contribution in [1.82, 2.24) is 4.90 Å². The molecule has 132 valence electrons. The summed E-state index contributed by atoms with van der Waals surface area (Å²) in [4.78, 5) is 25.4. The third-order valence-corrected chi connectivity index (χ3v) is 4.67. The van der Waals surface area contributed by atoms with E-state index in [4.69, 9.17) is 14.6 Å². The van der Waals surface area contributed by atoms with Crippen LogP contribution in [0.25, 0.3) is 0 Å². The normalized spacial score (nSPS) is 20.5. The first-order valence-electron chi connectivity index (χ1n) is 8.17. The summed E-state index contributed by atoms with van der Waals surface area (Å²) >= 11 is 0. The molecule has 6 heteroatoms. The van der Waals surface area contributed by atoms with E-state index in [1.807, 2.05) is 25.1 Å². The van der Waals surface area contributed by atoms with Crippen molar-refractivity contribution in [3.63, 3.8) is 0 Å². The van der Waals surface area contributed by atoms with Gasteiger partial charge in [-0.25, -0.2) is 0 Å². The largest absolute Gasteiger partial charge is 0.497 e. The quantitative estimate of drug-likeness (QED) is 0.862. The van der Waals surface area contributed by atoms with Gasteiger partial charge >= 0.3 is 5.97 Å². The Morgan fingerprint density at radius 1 is 1.29 bits per heavy atom. The summed E-state index contributed by atoms with van der Waals surface area (Å²) in [5, 5.41) is 9.16. The van der Waals surface area contributed by atoms with Gasteiger partial charge in [0.25, 0.3) is 0 Å². The van der Waals surface area contributed by atoms with Crippen LogP contribution in [-0.4, -0.2) is 49.2 Å². The first-order valence-corrected chi connectivity index (χ1v) is 8.17. The van der Waals surface area contributed by atoms with E-state index in [1.54, 1.807) is 19.1 Å². The fourth-order valence-electron chi connectivity index (χ4n) is 3.22. The van der Waals surface area contributed by atoms with Crippen LogP contribution in [0.1, 0.15) is 25.3 Å². The lowest BCUT2D eigenvalue weighted by atomic mass is 9.87. The Morgan fingerprint density at radius 3 is 2.62 bits per heavy atom. The van der Waals surface area contributed by atoms with Crippen LogP contribution in [0.3, 0.4) is 0 Å². The molecule has 2 rings (SSSR count). The minimum atomic E-state index is -0.768. The van der Waals surface area contributed by atoms with E-state index in [0.29, 0.717) is 32.4 Å². The molecule has 0 spiro atoms. The van der Waals surface area contributed by atoms with Crippen molar-refractivity contribution >= 4 is 11.9 Å². The van der Waals surface area contributed by atoms with Gasteiger partial charge in [0.05, 0.1) is 20.1 Å². The first-order chi connectivity index (χ1) is 11.5. The summed E-state index contributed by atoms with van der Waals surface area (Å²) in [6.07, 6.45) is 1.45. The van der Waals surface area contributed by atoms with Gasteiger partial charge in [-0.2, -0.15) is 0 Å². The molecule has 0 aromatic heterocycles. The zero-order valence-electron chi connectivity index (χ0n) is 14.4. The van der Waals surface area contributed by atoms with Crippen molar-refractivity contribution in [3.8, 4) is 11.5 Å². The molecular formula is C18H25NO5.